The minimum atomic E-state index is 0.190. The van der Waals surface area contributed by atoms with Crippen LogP contribution < -0.4 is 5.32 Å². The van der Waals surface area contributed by atoms with E-state index in [1.54, 1.807) is 0 Å². The van der Waals surface area contributed by atoms with Crippen molar-refractivity contribution in [3.05, 3.63) is 16.1 Å². The molecule has 0 aromatic carbocycles. The van der Waals surface area contributed by atoms with Crippen molar-refractivity contribution in [1.82, 2.24) is 10.3 Å². The van der Waals surface area contributed by atoms with Crippen LogP contribution in [0.25, 0.3) is 0 Å². The topological polar surface area (TPSA) is 24.9 Å². The quantitative estimate of drug-likeness (QED) is 0.892. The van der Waals surface area contributed by atoms with E-state index in [1.165, 1.54) is 49.2 Å². The second kappa shape index (κ2) is 4.31. The van der Waals surface area contributed by atoms with Crippen LogP contribution in [0.4, 0.5) is 0 Å². The zero-order chi connectivity index (χ0) is 12.8. The molecule has 1 heterocycles. The van der Waals surface area contributed by atoms with Gasteiger partial charge in [0, 0.05) is 17.1 Å². The predicted molar refractivity (Wildman–Crippen MR) is 76.9 cm³/mol. The Morgan fingerprint density at radius 3 is 2.39 bits per heavy atom. The molecule has 0 saturated heterocycles. The number of hydrogen-bond acceptors (Lipinski definition) is 3. The molecule has 18 heavy (non-hydrogen) atoms. The molecule has 2 aliphatic rings. The maximum atomic E-state index is 4.79. The van der Waals surface area contributed by atoms with Crippen LogP contribution in [0, 0.1) is 12.3 Å². The molecule has 2 nitrogen and oxygen atoms in total. The van der Waals surface area contributed by atoms with Gasteiger partial charge in [-0.3, -0.25) is 0 Å². The number of nitrogens with one attached hydrogen (secondary N) is 1. The lowest BCUT2D eigenvalue weighted by molar-refractivity contribution is 0.132. The average Bonchev–Trinajstić information content (AvgIpc) is 3.02. The molecule has 2 saturated carbocycles. The van der Waals surface area contributed by atoms with E-state index in [4.69, 9.17) is 4.98 Å². The Bertz CT molecular complexity index is 421. The molecule has 1 aromatic heterocycles. The van der Waals surface area contributed by atoms with E-state index < -0.39 is 0 Å². The lowest BCUT2D eigenvalue weighted by atomic mass is 9.69. The Kier molecular flexibility index (Phi) is 3.02. The van der Waals surface area contributed by atoms with E-state index in [-0.39, 0.29) is 5.54 Å². The fourth-order valence-electron chi connectivity index (χ4n) is 2.97. The fraction of sp³-hybridized carbons (Fsp3) is 0.800. The third kappa shape index (κ3) is 2.48. The van der Waals surface area contributed by atoms with E-state index >= 15 is 0 Å². The molecule has 1 N–H and O–H groups in total. The van der Waals surface area contributed by atoms with Gasteiger partial charge in [-0.2, -0.15) is 0 Å². The van der Waals surface area contributed by atoms with Gasteiger partial charge in [0.15, 0.2) is 0 Å². The molecular weight excluding hydrogens is 240 g/mol. The molecule has 0 atom stereocenters. The van der Waals surface area contributed by atoms with Gasteiger partial charge in [-0.15, -0.1) is 11.3 Å². The van der Waals surface area contributed by atoms with Gasteiger partial charge in [0.25, 0.3) is 0 Å². The first-order chi connectivity index (χ1) is 8.49. The van der Waals surface area contributed by atoms with Crippen LogP contribution >= 0.6 is 11.3 Å². The zero-order valence-electron chi connectivity index (χ0n) is 11.8. The average molecular weight is 264 g/mol. The van der Waals surface area contributed by atoms with Gasteiger partial charge >= 0.3 is 0 Å². The highest BCUT2D eigenvalue weighted by Gasteiger charge is 2.44. The normalized spacial score (nSPS) is 26.2. The first-order valence-corrected chi connectivity index (χ1v) is 8.07. The molecule has 0 radical (unpaired) electrons. The third-order valence-electron chi connectivity index (χ3n) is 4.54. The summed E-state index contributed by atoms with van der Waals surface area (Å²) in [6.45, 7) is 6.92. The summed E-state index contributed by atoms with van der Waals surface area (Å²) in [6.07, 6.45) is 7.84. The molecule has 0 aliphatic heterocycles. The summed E-state index contributed by atoms with van der Waals surface area (Å²) in [5.74, 6) is 0. The Balaban J connectivity index is 1.84. The number of hydrogen-bond donors (Lipinski definition) is 1. The van der Waals surface area contributed by atoms with E-state index in [0.29, 0.717) is 5.41 Å². The van der Waals surface area contributed by atoms with Crippen molar-refractivity contribution < 1.29 is 0 Å². The zero-order valence-corrected chi connectivity index (χ0v) is 12.6. The fourth-order valence-corrected chi connectivity index (χ4v) is 3.99. The Morgan fingerprint density at radius 2 is 1.89 bits per heavy atom. The molecule has 0 unspecified atom stereocenters. The van der Waals surface area contributed by atoms with Crippen molar-refractivity contribution in [2.24, 2.45) is 5.41 Å². The highest BCUT2D eigenvalue weighted by Crippen LogP contribution is 2.47. The number of aryl methyl sites for hydroxylation is 1. The van der Waals surface area contributed by atoms with E-state index in [0.717, 1.165) is 6.04 Å². The molecule has 0 amide bonds. The number of rotatable bonds is 3. The van der Waals surface area contributed by atoms with Crippen LogP contribution in [-0.4, -0.2) is 11.0 Å². The van der Waals surface area contributed by atoms with E-state index in [1.807, 2.05) is 11.3 Å². The van der Waals surface area contributed by atoms with Crippen molar-refractivity contribution >= 4 is 11.3 Å². The van der Waals surface area contributed by atoms with Gasteiger partial charge in [0.2, 0.25) is 0 Å². The van der Waals surface area contributed by atoms with Crippen LogP contribution in [0.3, 0.4) is 0 Å². The summed E-state index contributed by atoms with van der Waals surface area (Å²) in [5.41, 5.74) is 1.88. The Morgan fingerprint density at radius 1 is 1.22 bits per heavy atom. The first kappa shape index (κ1) is 12.6. The molecule has 3 rings (SSSR count). The molecule has 100 valence electrons. The summed E-state index contributed by atoms with van der Waals surface area (Å²) in [7, 11) is 0. The highest BCUT2D eigenvalue weighted by atomic mass is 32.1. The maximum absolute atomic E-state index is 4.79. The third-order valence-corrected chi connectivity index (χ3v) is 5.71. The van der Waals surface area contributed by atoms with Crippen LogP contribution in [-0.2, 0) is 5.54 Å². The SMILES string of the molecule is Cc1csc(C2(NC3CC3)CCC(C)(C)CC2)n1. The van der Waals surface area contributed by atoms with Gasteiger partial charge < -0.3 is 5.32 Å². The van der Waals surface area contributed by atoms with Gasteiger partial charge in [0.1, 0.15) is 5.01 Å². The van der Waals surface area contributed by atoms with Gasteiger partial charge in [0.05, 0.1) is 5.54 Å². The number of thiazole rings is 1. The van der Waals surface area contributed by atoms with Gasteiger partial charge in [-0.25, -0.2) is 4.98 Å². The Hall–Kier alpha value is -0.410. The van der Waals surface area contributed by atoms with Gasteiger partial charge in [-0.1, -0.05) is 13.8 Å². The molecule has 3 heteroatoms. The number of nitrogens with zero attached hydrogens (tertiary/aromatic N) is 1. The minimum absolute atomic E-state index is 0.190. The van der Waals surface area contributed by atoms with Gasteiger partial charge in [-0.05, 0) is 50.9 Å². The van der Waals surface area contributed by atoms with E-state index in [2.05, 4.69) is 31.5 Å². The molecular formula is C15H24N2S. The van der Waals surface area contributed by atoms with Crippen molar-refractivity contribution in [3.63, 3.8) is 0 Å². The number of aromatic nitrogens is 1. The summed E-state index contributed by atoms with van der Waals surface area (Å²) in [6, 6.07) is 0.760. The van der Waals surface area contributed by atoms with Crippen molar-refractivity contribution in [2.45, 2.75) is 70.9 Å². The van der Waals surface area contributed by atoms with E-state index in [9.17, 15) is 0 Å². The second-order valence-electron chi connectivity index (χ2n) is 6.96. The second-order valence-corrected chi connectivity index (χ2v) is 7.82. The molecule has 2 fully saturated rings. The predicted octanol–water partition coefficient (Wildman–Crippen LogP) is 4.00. The van der Waals surface area contributed by atoms with Crippen LogP contribution in [0.15, 0.2) is 5.38 Å². The summed E-state index contributed by atoms with van der Waals surface area (Å²) >= 11 is 1.85. The molecule has 0 spiro atoms. The van der Waals surface area contributed by atoms with Crippen molar-refractivity contribution in [3.8, 4) is 0 Å². The maximum Gasteiger partial charge on any atom is 0.113 e. The van der Waals surface area contributed by atoms with Crippen LogP contribution in [0.2, 0.25) is 0 Å². The summed E-state index contributed by atoms with van der Waals surface area (Å²) in [5, 5.41) is 7.46. The summed E-state index contributed by atoms with van der Waals surface area (Å²) in [4.78, 5) is 4.79. The lowest BCUT2D eigenvalue weighted by Crippen LogP contribution is -2.47. The van der Waals surface area contributed by atoms with Crippen LogP contribution in [0.5, 0.6) is 0 Å². The van der Waals surface area contributed by atoms with Crippen molar-refractivity contribution in [2.75, 3.05) is 0 Å². The Labute approximate surface area is 114 Å². The monoisotopic (exact) mass is 264 g/mol. The molecule has 2 aliphatic carbocycles. The van der Waals surface area contributed by atoms with Crippen molar-refractivity contribution in [1.29, 1.82) is 0 Å². The molecule has 1 aromatic rings. The lowest BCUT2D eigenvalue weighted by Gasteiger charge is -2.43. The first-order valence-electron chi connectivity index (χ1n) is 7.20. The molecule has 0 bridgehead atoms. The highest BCUT2D eigenvalue weighted by molar-refractivity contribution is 7.09. The smallest absolute Gasteiger partial charge is 0.113 e. The summed E-state index contributed by atoms with van der Waals surface area (Å²) < 4.78 is 0. The standard InChI is InChI=1S/C15H24N2S/c1-11-10-18-13(16-11)15(17-12-4-5-12)8-6-14(2,3)7-9-15/h10,12,17H,4-9H2,1-3H3. The largest absolute Gasteiger partial charge is 0.303 e. The van der Waals surface area contributed by atoms with Crippen LogP contribution in [0.1, 0.15) is 63.1 Å². The minimum Gasteiger partial charge on any atom is -0.303 e.